The summed E-state index contributed by atoms with van der Waals surface area (Å²) in [6, 6.07) is 13.7. The average Bonchev–Trinajstić information content (AvgIpc) is 3.16. The first kappa shape index (κ1) is 21.2. The van der Waals surface area contributed by atoms with Crippen LogP contribution >= 0.6 is 0 Å². The second kappa shape index (κ2) is 9.35. The summed E-state index contributed by atoms with van der Waals surface area (Å²) in [6.07, 6.45) is -0.106. The van der Waals surface area contributed by atoms with Crippen molar-refractivity contribution in [1.29, 1.82) is 0 Å². The van der Waals surface area contributed by atoms with Crippen LogP contribution < -0.4 is 4.74 Å². The zero-order valence-corrected chi connectivity index (χ0v) is 17.3. The number of benzene rings is 2. The molecule has 0 saturated heterocycles. The molecule has 0 saturated carbocycles. The van der Waals surface area contributed by atoms with Gasteiger partial charge in [-0.2, -0.15) is 0 Å². The van der Waals surface area contributed by atoms with E-state index in [4.69, 9.17) is 9.47 Å². The van der Waals surface area contributed by atoms with Crippen molar-refractivity contribution in [2.45, 2.75) is 32.9 Å². The number of ether oxygens (including phenoxy) is 2. The van der Waals surface area contributed by atoms with Crippen LogP contribution in [0.5, 0.6) is 5.75 Å². The lowest BCUT2D eigenvalue weighted by molar-refractivity contribution is -0.143. The van der Waals surface area contributed by atoms with E-state index < -0.39 is 18.1 Å². The van der Waals surface area contributed by atoms with Crippen molar-refractivity contribution >= 4 is 23.0 Å². The fourth-order valence-corrected chi connectivity index (χ4v) is 3.65. The fraction of sp³-hybridized carbons (Fsp3) is 0.304. The smallest absolute Gasteiger partial charge is 0.411 e. The van der Waals surface area contributed by atoms with Crippen LogP contribution in [0.4, 0.5) is 4.79 Å². The number of fused-ring (bicyclic) bond motifs is 3. The molecule has 1 aliphatic rings. The molecule has 1 atom stereocenters. The summed E-state index contributed by atoms with van der Waals surface area (Å²) >= 11 is 0. The van der Waals surface area contributed by atoms with Crippen LogP contribution in [0.3, 0.4) is 0 Å². The minimum atomic E-state index is -1.12. The number of nitrogens with one attached hydrogen (secondary N) is 1. The van der Waals surface area contributed by atoms with Crippen molar-refractivity contribution in [3.63, 3.8) is 0 Å². The molecule has 0 fully saturated rings. The third-order valence-electron chi connectivity index (χ3n) is 5.01. The summed E-state index contributed by atoms with van der Waals surface area (Å²) in [7, 11) is 1.59. The van der Waals surface area contributed by atoms with E-state index in [9.17, 15) is 14.7 Å². The van der Waals surface area contributed by atoms with Gasteiger partial charge in [0.15, 0.2) is 6.04 Å². The highest BCUT2D eigenvalue weighted by Gasteiger charge is 2.39. The molecule has 1 aromatic heterocycles. The highest BCUT2D eigenvalue weighted by Crippen LogP contribution is 2.36. The number of hydrogen-bond acceptors (Lipinski definition) is 4. The number of methoxy groups -OCH3 is 1. The molecule has 2 aromatic carbocycles. The maximum Gasteiger partial charge on any atom is 0.411 e. The molecule has 1 amide bonds. The van der Waals surface area contributed by atoms with Gasteiger partial charge in [0.05, 0.1) is 12.8 Å². The van der Waals surface area contributed by atoms with Gasteiger partial charge in [-0.1, -0.05) is 44.2 Å². The van der Waals surface area contributed by atoms with E-state index >= 15 is 0 Å². The van der Waals surface area contributed by atoms with Gasteiger partial charge in [-0.05, 0) is 35.7 Å². The molecule has 2 N–H and O–H groups in total. The van der Waals surface area contributed by atoms with Crippen LogP contribution in [0.2, 0.25) is 0 Å². The van der Waals surface area contributed by atoms with E-state index in [0.29, 0.717) is 17.9 Å². The van der Waals surface area contributed by atoms with Gasteiger partial charge in [0.2, 0.25) is 0 Å². The molecule has 1 aliphatic heterocycles. The molecule has 4 rings (SSSR count). The maximum atomic E-state index is 12.6. The third-order valence-corrected chi connectivity index (χ3v) is 5.01. The van der Waals surface area contributed by atoms with Gasteiger partial charge in [0.1, 0.15) is 12.4 Å². The number of carboxylic acid groups (broad SMARTS) is 1. The quantitative estimate of drug-likeness (QED) is 0.660. The molecule has 30 heavy (non-hydrogen) atoms. The zero-order chi connectivity index (χ0) is 21.7. The number of aromatic amines is 1. The molecule has 0 spiro atoms. The zero-order valence-electron chi connectivity index (χ0n) is 17.3. The van der Waals surface area contributed by atoms with Crippen molar-refractivity contribution < 1.29 is 24.2 Å². The molecular formula is C23H26N2O5. The van der Waals surface area contributed by atoms with Gasteiger partial charge in [0.25, 0.3) is 0 Å². The molecule has 2 heterocycles. The molecule has 3 aromatic rings. The lowest BCUT2D eigenvalue weighted by Crippen LogP contribution is -2.43. The SMILES string of the molecule is CC.COc1ccc2[nH]c3c(c2c1)CCN(C(=O)OCc1ccccc1)C3C(=O)O. The summed E-state index contributed by atoms with van der Waals surface area (Å²) in [6.45, 7) is 4.36. The molecule has 0 radical (unpaired) electrons. The summed E-state index contributed by atoms with van der Waals surface area (Å²) in [5.41, 5.74) is 3.07. The van der Waals surface area contributed by atoms with E-state index in [1.54, 1.807) is 7.11 Å². The summed E-state index contributed by atoms with van der Waals surface area (Å²) < 4.78 is 10.6. The van der Waals surface area contributed by atoms with E-state index in [-0.39, 0.29) is 13.2 Å². The Morgan fingerprint density at radius 3 is 2.57 bits per heavy atom. The van der Waals surface area contributed by atoms with Crippen LogP contribution in [-0.4, -0.2) is 40.7 Å². The Labute approximate surface area is 175 Å². The number of carboxylic acids is 1. The maximum absolute atomic E-state index is 12.6. The Kier molecular flexibility index (Phi) is 6.61. The number of H-pyrrole nitrogens is 1. The Bertz CT molecular complexity index is 1030. The third kappa shape index (κ3) is 4.10. The lowest BCUT2D eigenvalue weighted by Gasteiger charge is -2.32. The normalized spacial score (nSPS) is 15.0. The first-order valence-electron chi connectivity index (χ1n) is 9.97. The van der Waals surface area contributed by atoms with Crippen LogP contribution in [0.15, 0.2) is 48.5 Å². The van der Waals surface area contributed by atoms with Crippen molar-refractivity contribution in [1.82, 2.24) is 9.88 Å². The predicted octanol–water partition coefficient (Wildman–Crippen LogP) is 4.52. The van der Waals surface area contributed by atoms with Crippen LogP contribution in [-0.2, 0) is 22.6 Å². The number of aliphatic carboxylic acids is 1. The lowest BCUT2D eigenvalue weighted by atomic mass is 9.97. The van der Waals surface area contributed by atoms with Crippen molar-refractivity contribution in [3.05, 3.63) is 65.4 Å². The number of carbonyl (C=O) groups excluding carboxylic acids is 1. The molecule has 1 unspecified atom stereocenters. The number of nitrogens with zero attached hydrogens (tertiary/aromatic N) is 1. The van der Waals surface area contributed by atoms with Crippen LogP contribution in [0.25, 0.3) is 10.9 Å². The Balaban J connectivity index is 0.00000124. The number of rotatable bonds is 4. The first-order valence-corrected chi connectivity index (χ1v) is 9.97. The molecule has 0 bridgehead atoms. The number of amides is 1. The summed E-state index contributed by atoms with van der Waals surface area (Å²) in [5, 5.41) is 10.7. The van der Waals surface area contributed by atoms with Gasteiger partial charge in [-0.3, -0.25) is 4.90 Å². The van der Waals surface area contributed by atoms with Gasteiger partial charge in [-0.25, -0.2) is 9.59 Å². The fourth-order valence-electron chi connectivity index (χ4n) is 3.65. The van der Waals surface area contributed by atoms with Gasteiger partial charge in [-0.15, -0.1) is 0 Å². The molecule has 7 nitrogen and oxygen atoms in total. The highest BCUT2D eigenvalue weighted by atomic mass is 16.6. The minimum absolute atomic E-state index is 0.0965. The standard InChI is InChI=1S/C21H20N2O5.C2H6/c1-27-14-7-8-17-16(11-14)15-9-10-23(19(20(24)25)18(15)22-17)21(26)28-12-13-5-3-2-4-6-13;1-2/h2-8,11,19,22H,9-10,12H2,1H3,(H,24,25);1-2H3. The van der Waals surface area contributed by atoms with Crippen molar-refractivity contribution in [3.8, 4) is 5.75 Å². The summed E-state index contributed by atoms with van der Waals surface area (Å²) in [5.74, 6) is -0.401. The summed E-state index contributed by atoms with van der Waals surface area (Å²) in [4.78, 5) is 29.1. The number of aromatic nitrogens is 1. The molecule has 7 heteroatoms. The number of hydrogen-bond donors (Lipinski definition) is 2. The van der Waals surface area contributed by atoms with E-state index in [1.165, 1.54) is 4.90 Å². The Morgan fingerprint density at radius 1 is 1.17 bits per heavy atom. The Morgan fingerprint density at radius 2 is 1.90 bits per heavy atom. The largest absolute Gasteiger partial charge is 0.497 e. The van der Waals surface area contributed by atoms with Gasteiger partial charge >= 0.3 is 12.1 Å². The highest BCUT2D eigenvalue weighted by molar-refractivity contribution is 5.90. The van der Waals surface area contributed by atoms with Gasteiger partial charge < -0.3 is 19.6 Å². The van der Waals surface area contributed by atoms with E-state index in [0.717, 1.165) is 22.0 Å². The average molecular weight is 410 g/mol. The van der Waals surface area contributed by atoms with Crippen LogP contribution in [0.1, 0.15) is 36.7 Å². The van der Waals surface area contributed by atoms with E-state index in [2.05, 4.69) is 4.98 Å². The molecular weight excluding hydrogens is 384 g/mol. The first-order chi connectivity index (χ1) is 14.6. The van der Waals surface area contributed by atoms with E-state index in [1.807, 2.05) is 62.4 Å². The number of carbonyl (C=O) groups is 2. The second-order valence-corrected chi connectivity index (χ2v) is 6.65. The molecule has 0 aliphatic carbocycles. The minimum Gasteiger partial charge on any atom is -0.497 e. The van der Waals surface area contributed by atoms with Crippen LogP contribution in [0, 0.1) is 0 Å². The topological polar surface area (TPSA) is 91.9 Å². The monoisotopic (exact) mass is 410 g/mol. The molecule has 158 valence electrons. The Hall–Kier alpha value is -3.48. The van der Waals surface area contributed by atoms with Gasteiger partial charge in [0, 0.05) is 17.4 Å². The van der Waals surface area contributed by atoms with Crippen molar-refractivity contribution in [2.75, 3.05) is 13.7 Å². The second-order valence-electron chi connectivity index (χ2n) is 6.65. The van der Waals surface area contributed by atoms with Crippen molar-refractivity contribution in [2.24, 2.45) is 0 Å². The predicted molar refractivity (Wildman–Crippen MR) is 114 cm³/mol.